The predicted molar refractivity (Wildman–Crippen MR) is 87.8 cm³/mol. The number of rotatable bonds is 2. The van der Waals surface area contributed by atoms with E-state index in [4.69, 9.17) is 21.6 Å². The standard InChI is InChI=1S/C17H14ClN3/c1-2-9-21-15-8-7-11(18)10-12(15)16-17(21)20-14-6-4-3-5-13(14)19-16/h3-8,10H,2,9H2,1H3. The third kappa shape index (κ3) is 1.88. The molecular weight excluding hydrogens is 282 g/mol. The number of fused-ring (bicyclic) bond motifs is 4. The Labute approximate surface area is 127 Å². The Balaban J connectivity index is 2.22. The van der Waals surface area contributed by atoms with Gasteiger partial charge in [0.1, 0.15) is 5.52 Å². The van der Waals surface area contributed by atoms with Crippen LogP contribution >= 0.6 is 11.6 Å². The van der Waals surface area contributed by atoms with Gasteiger partial charge in [0, 0.05) is 17.0 Å². The molecule has 0 radical (unpaired) electrons. The van der Waals surface area contributed by atoms with Crippen LogP contribution in [0.2, 0.25) is 5.02 Å². The number of nitrogens with zero attached hydrogens (tertiary/aromatic N) is 3. The molecule has 0 spiro atoms. The van der Waals surface area contributed by atoms with E-state index in [1.54, 1.807) is 0 Å². The maximum atomic E-state index is 6.17. The van der Waals surface area contributed by atoms with Gasteiger partial charge in [-0.15, -0.1) is 0 Å². The van der Waals surface area contributed by atoms with E-state index < -0.39 is 0 Å². The zero-order valence-electron chi connectivity index (χ0n) is 11.7. The topological polar surface area (TPSA) is 30.7 Å². The van der Waals surface area contributed by atoms with Crippen LogP contribution in [0.4, 0.5) is 0 Å². The van der Waals surface area contributed by atoms with Crippen molar-refractivity contribution in [2.45, 2.75) is 19.9 Å². The van der Waals surface area contributed by atoms with Crippen LogP contribution in [0.1, 0.15) is 13.3 Å². The van der Waals surface area contributed by atoms with Crippen molar-refractivity contribution in [2.24, 2.45) is 0 Å². The average molecular weight is 296 g/mol. The van der Waals surface area contributed by atoms with Crippen molar-refractivity contribution in [2.75, 3.05) is 0 Å². The Morgan fingerprint density at radius 3 is 2.57 bits per heavy atom. The number of benzene rings is 2. The maximum absolute atomic E-state index is 6.17. The van der Waals surface area contributed by atoms with E-state index in [2.05, 4.69) is 17.6 Å². The van der Waals surface area contributed by atoms with E-state index in [1.807, 2.05) is 36.4 Å². The van der Waals surface area contributed by atoms with Crippen LogP contribution in [0.5, 0.6) is 0 Å². The second kappa shape index (κ2) is 4.71. The molecule has 0 aliphatic rings. The number of para-hydroxylation sites is 2. The molecule has 0 amide bonds. The van der Waals surface area contributed by atoms with Gasteiger partial charge in [-0.2, -0.15) is 0 Å². The largest absolute Gasteiger partial charge is 0.324 e. The van der Waals surface area contributed by atoms with Crippen LogP contribution < -0.4 is 0 Å². The van der Waals surface area contributed by atoms with Crippen molar-refractivity contribution in [3.63, 3.8) is 0 Å². The minimum Gasteiger partial charge on any atom is -0.324 e. The van der Waals surface area contributed by atoms with Crippen LogP contribution in [-0.4, -0.2) is 14.5 Å². The fraction of sp³-hybridized carbons (Fsp3) is 0.176. The monoisotopic (exact) mass is 295 g/mol. The number of aryl methyl sites for hydroxylation is 1. The molecule has 0 bridgehead atoms. The second-order valence-corrected chi connectivity index (χ2v) is 5.63. The lowest BCUT2D eigenvalue weighted by Gasteiger charge is -2.04. The number of halogens is 1. The van der Waals surface area contributed by atoms with E-state index in [-0.39, 0.29) is 0 Å². The first kappa shape index (κ1) is 12.6. The number of aromatic nitrogens is 3. The summed E-state index contributed by atoms with van der Waals surface area (Å²) in [6.07, 6.45) is 1.05. The zero-order chi connectivity index (χ0) is 14.4. The Morgan fingerprint density at radius 1 is 1.05 bits per heavy atom. The van der Waals surface area contributed by atoms with Crippen LogP contribution in [-0.2, 0) is 6.54 Å². The third-order valence-electron chi connectivity index (χ3n) is 3.76. The highest BCUT2D eigenvalue weighted by molar-refractivity contribution is 6.31. The van der Waals surface area contributed by atoms with E-state index >= 15 is 0 Å². The smallest absolute Gasteiger partial charge is 0.160 e. The van der Waals surface area contributed by atoms with Crippen LogP contribution in [0.3, 0.4) is 0 Å². The lowest BCUT2D eigenvalue weighted by atomic mass is 10.2. The molecule has 2 aromatic heterocycles. The van der Waals surface area contributed by atoms with Crippen molar-refractivity contribution in [1.29, 1.82) is 0 Å². The SMILES string of the molecule is CCCn1c2ccc(Cl)cc2c2nc3ccccc3nc21. The summed E-state index contributed by atoms with van der Waals surface area (Å²) in [7, 11) is 0. The second-order valence-electron chi connectivity index (χ2n) is 5.20. The molecule has 21 heavy (non-hydrogen) atoms. The molecule has 3 nitrogen and oxygen atoms in total. The molecule has 0 unspecified atom stereocenters. The Hall–Kier alpha value is -2.13. The maximum Gasteiger partial charge on any atom is 0.160 e. The zero-order valence-corrected chi connectivity index (χ0v) is 12.4. The summed E-state index contributed by atoms with van der Waals surface area (Å²) in [5.41, 5.74) is 4.86. The fourth-order valence-corrected chi connectivity index (χ4v) is 3.03. The lowest BCUT2D eigenvalue weighted by molar-refractivity contribution is 0.718. The Morgan fingerprint density at radius 2 is 1.81 bits per heavy atom. The van der Waals surface area contributed by atoms with Crippen LogP contribution in [0.25, 0.3) is 33.1 Å². The highest BCUT2D eigenvalue weighted by Crippen LogP contribution is 2.30. The van der Waals surface area contributed by atoms with Gasteiger partial charge in [0.2, 0.25) is 0 Å². The fourth-order valence-electron chi connectivity index (χ4n) is 2.86. The van der Waals surface area contributed by atoms with E-state index in [0.29, 0.717) is 0 Å². The first-order chi connectivity index (χ1) is 10.3. The van der Waals surface area contributed by atoms with E-state index in [1.165, 1.54) is 0 Å². The number of hydrogen-bond donors (Lipinski definition) is 0. The van der Waals surface area contributed by atoms with Gasteiger partial charge in [-0.25, -0.2) is 9.97 Å². The Kier molecular flexibility index (Phi) is 2.82. The van der Waals surface area contributed by atoms with Gasteiger partial charge in [0.15, 0.2) is 5.65 Å². The molecule has 104 valence electrons. The normalized spacial score (nSPS) is 11.7. The highest BCUT2D eigenvalue weighted by Gasteiger charge is 2.14. The summed E-state index contributed by atoms with van der Waals surface area (Å²) in [6.45, 7) is 3.09. The van der Waals surface area contributed by atoms with Crippen molar-refractivity contribution in [3.05, 3.63) is 47.5 Å². The van der Waals surface area contributed by atoms with E-state index in [0.717, 1.165) is 51.1 Å². The molecule has 2 aromatic carbocycles. The predicted octanol–water partition coefficient (Wildman–Crippen LogP) is 4.80. The quantitative estimate of drug-likeness (QED) is 0.532. The minimum absolute atomic E-state index is 0.730. The first-order valence-electron chi connectivity index (χ1n) is 7.12. The molecule has 4 aromatic rings. The molecule has 0 fully saturated rings. The molecule has 0 atom stereocenters. The molecule has 0 saturated carbocycles. The summed E-state index contributed by atoms with van der Waals surface area (Å²) < 4.78 is 2.24. The average Bonchev–Trinajstić information content (AvgIpc) is 2.79. The minimum atomic E-state index is 0.730. The number of hydrogen-bond acceptors (Lipinski definition) is 2. The molecule has 0 aliphatic heterocycles. The van der Waals surface area contributed by atoms with Gasteiger partial charge < -0.3 is 4.57 Å². The van der Waals surface area contributed by atoms with Gasteiger partial charge in [-0.1, -0.05) is 30.7 Å². The Bertz CT molecular complexity index is 972. The van der Waals surface area contributed by atoms with Gasteiger partial charge in [0.05, 0.1) is 16.6 Å². The van der Waals surface area contributed by atoms with Crippen LogP contribution in [0.15, 0.2) is 42.5 Å². The van der Waals surface area contributed by atoms with Gasteiger partial charge in [0.25, 0.3) is 0 Å². The summed E-state index contributed by atoms with van der Waals surface area (Å²) in [5.74, 6) is 0. The lowest BCUT2D eigenvalue weighted by Crippen LogP contribution is -1.98. The van der Waals surface area contributed by atoms with Crippen molar-refractivity contribution >= 4 is 44.7 Å². The summed E-state index contributed by atoms with van der Waals surface area (Å²) in [6, 6.07) is 13.9. The molecule has 4 heteroatoms. The van der Waals surface area contributed by atoms with Gasteiger partial charge >= 0.3 is 0 Å². The first-order valence-corrected chi connectivity index (χ1v) is 7.50. The van der Waals surface area contributed by atoms with E-state index in [9.17, 15) is 0 Å². The molecule has 0 aliphatic carbocycles. The molecule has 2 heterocycles. The molecule has 0 saturated heterocycles. The third-order valence-corrected chi connectivity index (χ3v) is 3.99. The van der Waals surface area contributed by atoms with Crippen molar-refractivity contribution in [3.8, 4) is 0 Å². The molecule has 4 rings (SSSR count). The van der Waals surface area contributed by atoms with Gasteiger partial charge in [-0.3, -0.25) is 0 Å². The van der Waals surface area contributed by atoms with Gasteiger partial charge in [-0.05, 0) is 36.8 Å². The summed E-state index contributed by atoms with van der Waals surface area (Å²) in [4.78, 5) is 9.63. The van der Waals surface area contributed by atoms with Crippen molar-refractivity contribution in [1.82, 2.24) is 14.5 Å². The molecule has 0 N–H and O–H groups in total. The summed E-state index contributed by atoms with van der Waals surface area (Å²) in [5, 5.41) is 1.80. The van der Waals surface area contributed by atoms with Crippen molar-refractivity contribution < 1.29 is 0 Å². The summed E-state index contributed by atoms with van der Waals surface area (Å²) >= 11 is 6.17. The highest BCUT2D eigenvalue weighted by atomic mass is 35.5. The molecular formula is C17H14ClN3. The van der Waals surface area contributed by atoms with Crippen LogP contribution in [0, 0.1) is 0 Å².